The first-order chi connectivity index (χ1) is 7.69. The number of hydrogen-bond donors (Lipinski definition) is 1. The normalized spacial score (nSPS) is 21.2. The van der Waals surface area contributed by atoms with Crippen molar-refractivity contribution >= 4 is 11.9 Å². The summed E-state index contributed by atoms with van der Waals surface area (Å²) in [5.41, 5.74) is 0. The maximum absolute atomic E-state index is 11.7. The van der Waals surface area contributed by atoms with E-state index in [9.17, 15) is 9.59 Å². The highest BCUT2D eigenvalue weighted by Crippen LogP contribution is 2.12. The van der Waals surface area contributed by atoms with Crippen LogP contribution in [0.2, 0.25) is 0 Å². The Morgan fingerprint density at radius 3 is 2.94 bits per heavy atom. The van der Waals surface area contributed by atoms with Crippen LogP contribution in [0.4, 0.5) is 0 Å². The lowest BCUT2D eigenvalue weighted by molar-refractivity contribution is -0.145. The molecule has 0 aromatic rings. The molecule has 0 spiro atoms. The number of carbonyl (C=O) groups excluding carboxylic acids is 2. The van der Waals surface area contributed by atoms with Gasteiger partial charge in [0, 0.05) is 6.61 Å². The van der Waals surface area contributed by atoms with Crippen LogP contribution in [0.5, 0.6) is 0 Å². The number of amides is 1. The van der Waals surface area contributed by atoms with E-state index < -0.39 is 12.0 Å². The Hall–Kier alpha value is -1.36. The number of methoxy groups -OCH3 is 1. The minimum Gasteiger partial charge on any atom is -0.467 e. The number of esters is 1. The molecule has 1 heterocycles. The number of rotatable bonds is 5. The van der Waals surface area contributed by atoms with Gasteiger partial charge >= 0.3 is 5.97 Å². The van der Waals surface area contributed by atoms with Crippen molar-refractivity contribution < 1.29 is 19.1 Å². The van der Waals surface area contributed by atoms with Crippen molar-refractivity contribution in [3.8, 4) is 0 Å². The van der Waals surface area contributed by atoms with Crippen LogP contribution in [-0.4, -0.2) is 38.2 Å². The number of ether oxygens (including phenoxy) is 2. The number of hydrogen-bond acceptors (Lipinski definition) is 4. The molecule has 1 saturated heterocycles. The van der Waals surface area contributed by atoms with Crippen molar-refractivity contribution in [3.63, 3.8) is 0 Å². The Morgan fingerprint density at radius 1 is 1.69 bits per heavy atom. The minimum absolute atomic E-state index is 0.156. The number of nitrogens with one attached hydrogen (secondary N) is 1. The summed E-state index contributed by atoms with van der Waals surface area (Å²) in [6.45, 7) is 4.56. The van der Waals surface area contributed by atoms with E-state index in [1.165, 1.54) is 7.11 Å². The molecule has 1 aliphatic rings. The second kappa shape index (κ2) is 6.27. The lowest BCUT2D eigenvalue weighted by Crippen LogP contribution is -2.44. The molecule has 0 aromatic heterocycles. The van der Waals surface area contributed by atoms with Crippen molar-refractivity contribution in [1.82, 2.24) is 5.32 Å². The van der Waals surface area contributed by atoms with Gasteiger partial charge in [-0.15, -0.1) is 6.58 Å². The van der Waals surface area contributed by atoms with E-state index in [4.69, 9.17) is 4.74 Å². The lowest BCUT2D eigenvalue weighted by Gasteiger charge is -2.16. The van der Waals surface area contributed by atoms with Gasteiger partial charge in [-0.1, -0.05) is 6.08 Å². The van der Waals surface area contributed by atoms with Gasteiger partial charge in [0.25, 0.3) is 0 Å². The average Bonchev–Trinajstić information content (AvgIpc) is 2.80. The van der Waals surface area contributed by atoms with Gasteiger partial charge in [0.1, 0.15) is 6.04 Å². The molecule has 16 heavy (non-hydrogen) atoms. The van der Waals surface area contributed by atoms with Gasteiger partial charge in [0.05, 0.1) is 19.6 Å². The molecule has 1 rings (SSSR count). The first-order valence-corrected chi connectivity index (χ1v) is 5.26. The Bertz CT molecular complexity index is 271. The largest absolute Gasteiger partial charge is 0.467 e. The zero-order chi connectivity index (χ0) is 12.0. The Labute approximate surface area is 94.8 Å². The van der Waals surface area contributed by atoms with Crippen LogP contribution in [0.25, 0.3) is 0 Å². The lowest BCUT2D eigenvalue weighted by atomic mass is 10.1. The minimum atomic E-state index is -0.643. The molecular formula is C11H17NO4. The predicted octanol–water partition coefficient (Wildman–Crippen LogP) is 0.257. The molecule has 5 heteroatoms. The Kier molecular flexibility index (Phi) is 4.98. The smallest absolute Gasteiger partial charge is 0.328 e. The summed E-state index contributed by atoms with van der Waals surface area (Å²) >= 11 is 0. The van der Waals surface area contributed by atoms with Gasteiger partial charge < -0.3 is 14.8 Å². The fraction of sp³-hybridized carbons (Fsp3) is 0.636. The molecule has 0 bridgehead atoms. The van der Waals surface area contributed by atoms with Gasteiger partial charge in [-0.3, -0.25) is 4.79 Å². The van der Waals surface area contributed by atoms with E-state index in [2.05, 4.69) is 16.6 Å². The highest BCUT2D eigenvalue weighted by molar-refractivity contribution is 5.86. The van der Waals surface area contributed by atoms with E-state index >= 15 is 0 Å². The molecule has 0 unspecified atom stereocenters. The predicted molar refractivity (Wildman–Crippen MR) is 57.7 cm³/mol. The van der Waals surface area contributed by atoms with Crippen LogP contribution in [0.3, 0.4) is 0 Å². The molecule has 1 N–H and O–H groups in total. The first-order valence-electron chi connectivity index (χ1n) is 5.26. The summed E-state index contributed by atoms with van der Waals surface area (Å²) in [6.07, 6.45) is 2.65. The maximum Gasteiger partial charge on any atom is 0.328 e. The Morgan fingerprint density at radius 2 is 2.44 bits per heavy atom. The highest BCUT2D eigenvalue weighted by atomic mass is 16.5. The molecule has 5 nitrogen and oxygen atoms in total. The number of carbonyl (C=O) groups is 2. The van der Waals surface area contributed by atoms with Gasteiger partial charge in [0.15, 0.2) is 0 Å². The molecule has 0 aliphatic carbocycles. The van der Waals surface area contributed by atoms with E-state index in [0.717, 1.165) is 0 Å². The molecular weight excluding hydrogens is 210 g/mol. The second-order valence-corrected chi connectivity index (χ2v) is 3.67. The van der Waals surface area contributed by atoms with Crippen molar-refractivity contribution in [3.05, 3.63) is 12.7 Å². The van der Waals surface area contributed by atoms with Crippen LogP contribution < -0.4 is 5.32 Å². The van der Waals surface area contributed by atoms with Gasteiger partial charge in [-0.2, -0.15) is 0 Å². The zero-order valence-electron chi connectivity index (χ0n) is 9.40. The third kappa shape index (κ3) is 3.34. The zero-order valence-corrected chi connectivity index (χ0v) is 9.40. The SMILES string of the molecule is C=CC[C@@H](NC(=O)[C@@H]1CCOC1)C(=O)OC. The van der Waals surface area contributed by atoms with Gasteiger partial charge in [-0.05, 0) is 12.8 Å². The van der Waals surface area contributed by atoms with Gasteiger partial charge in [-0.25, -0.2) is 4.79 Å². The molecule has 1 fully saturated rings. The van der Waals surface area contributed by atoms with Crippen molar-refractivity contribution in [2.24, 2.45) is 5.92 Å². The monoisotopic (exact) mass is 227 g/mol. The van der Waals surface area contributed by atoms with Crippen molar-refractivity contribution in [1.29, 1.82) is 0 Å². The molecule has 90 valence electrons. The molecule has 0 saturated carbocycles. The van der Waals surface area contributed by atoms with E-state index in [-0.39, 0.29) is 11.8 Å². The third-order valence-corrected chi connectivity index (χ3v) is 2.51. The fourth-order valence-electron chi connectivity index (χ4n) is 1.55. The summed E-state index contributed by atoms with van der Waals surface area (Å²) in [4.78, 5) is 23.1. The summed E-state index contributed by atoms with van der Waals surface area (Å²) < 4.78 is 9.71. The van der Waals surface area contributed by atoms with Crippen molar-refractivity contribution in [2.75, 3.05) is 20.3 Å². The molecule has 0 radical (unpaired) electrons. The van der Waals surface area contributed by atoms with Crippen LogP contribution in [0.1, 0.15) is 12.8 Å². The summed E-state index contributed by atoms with van der Waals surface area (Å²) in [7, 11) is 1.29. The van der Waals surface area contributed by atoms with Crippen LogP contribution in [-0.2, 0) is 19.1 Å². The van der Waals surface area contributed by atoms with Crippen LogP contribution >= 0.6 is 0 Å². The molecule has 2 atom stereocenters. The standard InChI is InChI=1S/C11H17NO4/c1-3-4-9(11(14)15-2)12-10(13)8-5-6-16-7-8/h3,8-9H,1,4-7H2,2H3,(H,12,13)/t8-,9-/m1/s1. The topological polar surface area (TPSA) is 64.6 Å². The first kappa shape index (κ1) is 12.7. The quantitative estimate of drug-likeness (QED) is 0.540. The summed E-state index contributed by atoms with van der Waals surface area (Å²) in [6, 6.07) is -0.643. The third-order valence-electron chi connectivity index (χ3n) is 2.51. The van der Waals surface area contributed by atoms with Crippen molar-refractivity contribution in [2.45, 2.75) is 18.9 Å². The molecule has 1 aliphatic heterocycles. The summed E-state index contributed by atoms with van der Waals surface area (Å²) in [5.74, 6) is -0.765. The molecule has 0 aromatic carbocycles. The van der Waals surface area contributed by atoms with E-state index in [0.29, 0.717) is 26.1 Å². The Balaban J connectivity index is 2.49. The average molecular weight is 227 g/mol. The summed E-state index contributed by atoms with van der Waals surface area (Å²) in [5, 5.41) is 2.65. The highest BCUT2D eigenvalue weighted by Gasteiger charge is 2.27. The van der Waals surface area contributed by atoms with Crippen LogP contribution in [0, 0.1) is 5.92 Å². The van der Waals surface area contributed by atoms with Crippen LogP contribution in [0.15, 0.2) is 12.7 Å². The van der Waals surface area contributed by atoms with Gasteiger partial charge in [0.2, 0.25) is 5.91 Å². The fourth-order valence-corrected chi connectivity index (χ4v) is 1.55. The van der Waals surface area contributed by atoms with E-state index in [1.807, 2.05) is 0 Å². The maximum atomic E-state index is 11.7. The second-order valence-electron chi connectivity index (χ2n) is 3.67. The van der Waals surface area contributed by atoms with E-state index in [1.54, 1.807) is 6.08 Å². The molecule has 1 amide bonds.